The van der Waals surface area contributed by atoms with Crippen molar-refractivity contribution in [2.45, 2.75) is 20.0 Å². The van der Waals surface area contributed by atoms with Gasteiger partial charge in [-0.15, -0.1) is 0 Å². The van der Waals surface area contributed by atoms with Crippen molar-refractivity contribution < 1.29 is 19.1 Å². The van der Waals surface area contributed by atoms with Gasteiger partial charge in [-0.05, 0) is 19.9 Å². The van der Waals surface area contributed by atoms with E-state index in [9.17, 15) is 14.4 Å². The second-order valence-electron chi connectivity index (χ2n) is 4.80. The average Bonchev–Trinajstić information content (AvgIpc) is 2.51. The Morgan fingerprint density at radius 3 is 2.50 bits per heavy atom. The Labute approximate surface area is 127 Å². The number of aryl methyl sites for hydroxylation is 1. The number of fused-ring (bicyclic) bond motifs is 1. The monoisotopic (exact) mass is 303 g/mol. The predicted molar refractivity (Wildman–Crippen MR) is 80.7 cm³/mol. The van der Waals surface area contributed by atoms with Crippen molar-refractivity contribution in [1.82, 2.24) is 4.57 Å². The first-order valence-corrected chi connectivity index (χ1v) is 6.91. The molecule has 0 aliphatic rings. The highest BCUT2D eigenvalue weighted by atomic mass is 16.6. The van der Waals surface area contributed by atoms with Crippen LogP contribution in [-0.4, -0.2) is 29.2 Å². The number of rotatable bonds is 4. The van der Waals surface area contributed by atoms with E-state index in [-0.39, 0.29) is 17.7 Å². The maximum absolute atomic E-state index is 12.3. The number of aromatic nitrogens is 1. The Morgan fingerprint density at radius 1 is 1.23 bits per heavy atom. The van der Waals surface area contributed by atoms with Crippen LogP contribution in [0.2, 0.25) is 0 Å². The third-order valence-corrected chi connectivity index (χ3v) is 3.21. The first-order valence-electron chi connectivity index (χ1n) is 6.91. The summed E-state index contributed by atoms with van der Waals surface area (Å²) >= 11 is 0. The number of carbonyl (C=O) groups is 2. The second kappa shape index (κ2) is 6.43. The Balaban J connectivity index is 2.39. The molecule has 0 amide bonds. The number of nitrogens with zero attached hydrogens (tertiary/aromatic N) is 1. The topological polar surface area (TPSA) is 74.6 Å². The van der Waals surface area contributed by atoms with Crippen LogP contribution in [0.4, 0.5) is 0 Å². The lowest BCUT2D eigenvalue weighted by Gasteiger charge is -2.13. The third kappa shape index (κ3) is 3.00. The minimum atomic E-state index is -1.01. The molecule has 0 aliphatic carbocycles. The average molecular weight is 303 g/mol. The first-order chi connectivity index (χ1) is 10.5. The zero-order valence-corrected chi connectivity index (χ0v) is 12.7. The van der Waals surface area contributed by atoms with Crippen LogP contribution in [0, 0.1) is 0 Å². The summed E-state index contributed by atoms with van der Waals surface area (Å²) in [4.78, 5) is 35.9. The summed E-state index contributed by atoms with van der Waals surface area (Å²) < 4.78 is 11.2. The molecule has 116 valence electrons. The molecule has 1 atom stereocenters. The summed E-state index contributed by atoms with van der Waals surface area (Å²) in [5, 5.41) is 0.912. The van der Waals surface area contributed by atoms with Crippen LogP contribution in [-0.2, 0) is 21.3 Å². The first kappa shape index (κ1) is 15.8. The minimum absolute atomic E-state index is 0.203. The molecule has 0 radical (unpaired) electrons. The van der Waals surface area contributed by atoms with Gasteiger partial charge in [0.05, 0.1) is 12.2 Å². The van der Waals surface area contributed by atoms with Gasteiger partial charge in [0.1, 0.15) is 0 Å². The standard InChI is InChI=1S/C16H17NO5/c1-4-21-15(19)10(2)22-16(20)13-9-17(3)14(18)12-8-6-5-7-11(12)13/h5-10H,4H2,1-3H3. The predicted octanol–water partition coefficient (Wildman–Crippen LogP) is 1.65. The molecule has 0 aliphatic heterocycles. The molecular formula is C16H17NO5. The molecule has 2 rings (SSSR count). The number of pyridine rings is 1. The van der Waals surface area contributed by atoms with Gasteiger partial charge >= 0.3 is 11.9 Å². The van der Waals surface area contributed by atoms with Gasteiger partial charge in [0.15, 0.2) is 6.10 Å². The normalized spacial score (nSPS) is 12.0. The van der Waals surface area contributed by atoms with Crippen LogP contribution >= 0.6 is 0 Å². The van der Waals surface area contributed by atoms with Gasteiger partial charge in [0.25, 0.3) is 5.56 Å². The van der Waals surface area contributed by atoms with Gasteiger partial charge in [-0.25, -0.2) is 9.59 Å². The second-order valence-corrected chi connectivity index (χ2v) is 4.80. The molecule has 1 aromatic carbocycles. The van der Waals surface area contributed by atoms with Crippen LogP contribution in [0.15, 0.2) is 35.3 Å². The molecule has 1 unspecified atom stereocenters. The lowest BCUT2D eigenvalue weighted by atomic mass is 10.1. The molecule has 2 aromatic rings. The summed E-state index contributed by atoms with van der Waals surface area (Å²) in [5.74, 6) is -1.28. The molecule has 0 N–H and O–H groups in total. The van der Waals surface area contributed by atoms with E-state index in [1.54, 1.807) is 38.2 Å². The van der Waals surface area contributed by atoms with Gasteiger partial charge in [-0.1, -0.05) is 18.2 Å². The molecule has 0 saturated carbocycles. The highest BCUT2D eigenvalue weighted by Gasteiger charge is 2.22. The van der Waals surface area contributed by atoms with E-state index >= 15 is 0 Å². The van der Waals surface area contributed by atoms with Crippen molar-refractivity contribution in [2.24, 2.45) is 7.05 Å². The SMILES string of the molecule is CCOC(=O)C(C)OC(=O)c1cn(C)c(=O)c2ccccc12. The molecule has 0 saturated heterocycles. The molecule has 22 heavy (non-hydrogen) atoms. The molecule has 6 nitrogen and oxygen atoms in total. The van der Waals surface area contributed by atoms with Crippen molar-refractivity contribution >= 4 is 22.7 Å². The molecule has 0 spiro atoms. The van der Waals surface area contributed by atoms with Crippen molar-refractivity contribution in [2.75, 3.05) is 6.61 Å². The van der Waals surface area contributed by atoms with Crippen molar-refractivity contribution in [3.05, 3.63) is 46.4 Å². The van der Waals surface area contributed by atoms with E-state index in [0.717, 1.165) is 0 Å². The number of benzene rings is 1. The summed E-state index contributed by atoms with van der Waals surface area (Å²) in [6, 6.07) is 6.76. The number of hydrogen-bond acceptors (Lipinski definition) is 5. The fourth-order valence-electron chi connectivity index (χ4n) is 2.11. The summed E-state index contributed by atoms with van der Waals surface area (Å²) in [6.07, 6.45) is 0.397. The number of carbonyl (C=O) groups excluding carboxylic acids is 2. The number of esters is 2. The van der Waals surface area contributed by atoms with E-state index in [4.69, 9.17) is 9.47 Å². The van der Waals surface area contributed by atoms with Gasteiger partial charge < -0.3 is 14.0 Å². The molecule has 1 heterocycles. The third-order valence-electron chi connectivity index (χ3n) is 3.21. The van der Waals surface area contributed by atoms with E-state index in [2.05, 4.69) is 0 Å². The highest BCUT2D eigenvalue weighted by molar-refractivity contribution is 6.04. The van der Waals surface area contributed by atoms with Gasteiger partial charge in [0.2, 0.25) is 0 Å². The summed E-state index contributed by atoms with van der Waals surface area (Å²) in [7, 11) is 1.56. The fraction of sp³-hybridized carbons (Fsp3) is 0.312. The van der Waals surface area contributed by atoms with Crippen LogP contribution in [0.25, 0.3) is 10.8 Å². The lowest BCUT2D eigenvalue weighted by Crippen LogP contribution is -2.27. The Hall–Kier alpha value is -2.63. The summed E-state index contributed by atoms with van der Waals surface area (Å²) in [5.41, 5.74) is 0.0273. The van der Waals surface area contributed by atoms with E-state index in [1.807, 2.05) is 0 Å². The molecule has 0 fully saturated rings. The Bertz CT molecular complexity index is 778. The van der Waals surface area contributed by atoms with E-state index in [1.165, 1.54) is 17.7 Å². The van der Waals surface area contributed by atoms with Crippen molar-refractivity contribution in [3.63, 3.8) is 0 Å². The van der Waals surface area contributed by atoms with Gasteiger partial charge in [0, 0.05) is 24.0 Å². The number of hydrogen-bond donors (Lipinski definition) is 0. The van der Waals surface area contributed by atoms with Crippen LogP contribution in [0.5, 0.6) is 0 Å². The molecule has 0 bridgehead atoms. The van der Waals surface area contributed by atoms with Crippen LogP contribution < -0.4 is 5.56 Å². The van der Waals surface area contributed by atoms with Gasteiger partial charge in [-0.2, -0.15) is 0 Å². The lowest BCUT2D eigenvalue weighted by molar-refractivity contribution is -0.152. The molecule has 6 heteroatoms. The molecule has 1 aromatic heterocycles. The van der Waals surface area contributed by atoms with Crippen LogP contribution in [0.1, 0.15) is 24.2 Å². The van der Waals surface area contributed by atoms with Gasteiger partial charge in [-0.3, -0.25) is 4.79 Å². The van der Waals surface area contributed by atoms with E-state index in [0.29, 0.717) is 10.8 Å². The Morgan fingerprint density at radius 2 is 1.86 bits per heavy atom. The zero-order chi connectivity index (χ0) is 16.3. The fourth-order valence-corrected chi connectivity index (χ4v) is 2.11. The number of ether oxygens (including phenoxy) is 2. The highest BCUT2D eigenvalue weighted by Crippen LogP contribution is 2.17. The molecular weight excluding hydrogens is 286 g/mol. The quantitative estimate of drug-likeness (QED) is 0.803. The van der Waals surface area contributed by atoms with E-state index < -0.39 is 18.0 Å². The van der Waals surface area contributed by atoms with Crippen molar-refractivity contribution in [1.29, 1.82) is 0 Å². The zero-order valence-electron chi connectivity index (χ0n) is 12.7. The maximum atomic E-state index is 12.3. The summed E-state index contributed by atoms with van der Waals surface area (Å²) in [6.45, 7) is 3.33. The van der Waals surface area contributed by atoms with Crippen LogP contribution in [0.3, 0.4) is 0 Å². The largest absolute Gasteiger partial charge is 0.463 e. The maximum Gasteiger partial charge on any atom is 0.347 e. The minimum Gasteiger partial charge on any atom is -0.463 e. The Kier molecular flexibility index (Phi) is 4.60. The smallest absolute Gasteiger partial charge is 0.347 e. The van der Waals surface area contributed by atoms with Crippen molar-refractivity contribution in [3.8, 4) is 0 Å².